The third-order valence-corrected chi connectivity index (χ3v) is 4.30. The van der Waals surface area contributed by atoms with E-state index in [1.54, 1.807) is 0 Å². The van der Waals surface area contributed by atoms with Crippen LogP contribution in [0.15, 0.2) is 0 Å². The van der Waals surface area contributed by atoms with Crippen molar-refractivity contribution in [1.29, 1.82) is 0 Å². The molecule has 1 rings (SSSR count). The highest BCUT2D eigenvalue weighted by Gasteiger charge is 2.13. The molecule has 1 heterocycles. The zero-order valence-electron chi connectivity index (χ0n) is 14.3. The van der Waals surface area contributed by atoms with Crippen LogP contribution >= 0.6 is 0 Å². The van der Waals surface area contributed by atoms with Crippen molar-refractivity contribution in [2.75, 3.05) is 0 Å². The molecular weight excluding hydrogens is 260 g/mol. The molecule has 0 bridgehead atoms. The van der Waals surface area contributed by atoms with E-state index in [9.17, 15) is 5.11 Å². The Morgan fingerprint density at radius 2 is 1.48 bits per heavy atom. The van der Waals surface area contributed by atoms with Gasteiger partial charge in [0.15, 0.2) is 0 Å². The summed E-state index contributed by atoms with van der Waals surface area (Å²) in [6.45, 7) is 7.66. The fourth-order valence-electron chi connectivity index (χ4n) is 3.03. The van der Waals surface area contributed by atoms with Crippen LogP contribution in [-0.4, -0.2) is 14.9 Å². The van der Waals surface area contributed by atoms with Gasteiger partial charge in [0, 0.05) is 17.8 Å². The van der Waals surface area contributed by atoms with Crippen LogP contribution in [0.1, 0.15) is 89.1 Å². The van der Waals surface area contributed by atoms with Gasteiger partial charge >= 0.3 is 0 Å². The molecule has 1 aromatic rings. The number of hydrogen-bond donors (Lipinski definition) is 1. The van der Waals surface area contributed by atoms with Crippen LogP contribution in [0.4, 0.5) is 0 Å². The molecule has 0 aliphatic carbocycles. The minimum atomic E-state index is 0.129. The zero-order valence-corrected chi connectivity index (χ0v) is 14.3. The molecule has 0 amide bonds. The monoisotopic (exact) mass is 294 g/mol. The summed E-state index contributed by atoms with van der Waals surface area (Å²) >= 11 is 0. The molecule has 0 aliphatic heterocycles. The lowest BCUT2D eigenvalue weighted by molar-refractivity contribution is 0.279. The molecule has 0 unspecified atom stereocenters. The first kappa shape index (κ1) is 18.2. The van der Waals surface area contributed by atoms with E-state index in [1.807, 2.05) is 0 Å². The highest BCUT2D eigenvalue weighted by atomic mass is 16.3. The fraction of sp³-hybridized carbons (Fsp3) is 0.833. The van der Waals surface area contributed by atoms with Crippen molar-refractivity contribution in [2.24, 2.45) is 0 Å². The molecular formula is C18H34N2O. The molecule has 0 saturated carbocycles. The maximum atomic E-state index is 9.53. The average molecular weight is 294 g/mol. The molecule has 0 spiro atoms. The van der Waals surface area contributed by atoms with Gasteiger partial charge in [0.2, 0.25) is 0 Å². The largest absolute Gasteiger partial charge is 0.392 e. The first-order valence-corrected chi connectivity index (χ1v) is 8.96. The summed E-state index contributed by atoms with van der Waals surface area (Å²) in [4.78, 5) is 0. The van der Waals surface area contributed by atoms with E-state index in [-0.39, 0.29) is 6.61 Å². The lowest BCUT2D eigenvalue weighted by Crippen LogP contribution is -2.05. The Morgan fingerprint density at radius 3 is 2.00 bits per heavy atom. The number of rotatable bonds is 12. The van der Waals surface area contributed by atoms with Gasteiger partial charge in [-0.05, 0) is 19.3 Å². The molecule has 21 heavy (non-hydrogen) atoms. The van der Waals surface area contributed by atoms with Gasteiger partial charge < -0.3 is 5.11 Å². The van der Waals surface area contributed by atoms with Crippen LogP contribution in [0.2, 0.25) is 0 Å². The van der Waals surface area contributed by atoms with E-state index in [2.05, 4.69) is 30.6 Å². The highest BCUT2D eigenvalue weighted by molar-refractivity contribution is 5.25. The van der Waals surface area contributed by atoms with Gasteiger partial charge in [-0.25, -0.2) is 0 Å². The van der Waals surface area contributed by atoms with Gasteiger partial charge in [-0.1, -0.05) is 65.7 Å². The van der Waals surface area contributed by atoms with Crippen molar-refractivity contribution in [3.05, 3.63) is 17.0 Å². The summed E-state index contributed by atoms with van der Waals surface area (Å²) in [5.41, 5.74) is 3.38. The Bertz CT molecular complexity index is 385. The number of unbranched alkanes of at least 4 members (excludes halogenated alkanes) is 7. The SMILES string of the molecule is CCCCCCCCCCn1nc(CC)c(CO)c1CC. The van der Waals surface area contributed by atoms with Crippen molar-refractivity contribution in [1.82, 2.24) is 9.78 Å². The molecule has 0 atom stereocenters. The maximum Gasteiger partial charge on any atom is 0.0718 e. The van der Waals surface area contributed by atoms with Crippen LogP contribution in [0, 0.1) is 0 Å². The zero-order chi connectivity index (χ0) is 15.5. The normalized spacial score (nSPS) is 11.2. The number of nitrogens with zero attached hydrogens (tertiary/aromatic N) is 2. The van der Waals surface area contributed by atoms with Gasteiger partial charge in [-0.15, -0.1) is 0 Å². The Labute approximate surface area is 130 Å². The molecule has 3 heteroatoms. The predicted octanol–water partition coefficient (Wildman–Crippen LogP) is 4.64. The second kappa shape index (κ2) is 10.8. The van der Waals surface area contributed by atoms with Gasteiger partial charge in [-0.3, -0.25) is 4.68 Å². The van der Waals surface area contributed by atoms with Crippen molar-refractivity contribution in [2.45, 2.75) is 98.1 Å². The number of aliphatic hydroxyl groups excluding tert-OH is 1. The van der Waals surface area contributed by atoms with E-state index in [1.165, 1.54) is 57.1 Å². The lowest BCUT2D eigenvalue weighted by atomic mass is 10.1. The summed E-state index contributed by atoms with van der Waals surface area (Å²) in [6, 6.07) is 0. The van der Waals surface area contributed by atoms with E-state index in [0.717, 1.165) is 30.6 Å². The highest BCUT2D eigenvalue weighted by Crippen LogP contribution is 2.17. The molecule has 0 aromatic carbocycles. The van der Waals surface area contributed by atoms with Crippen molar-refractivity contribution in [3.8, 4) is 0 Å². The molecule has 1 N–H and O–H groups in total. The summed E-state index contributed by atoms with van der Waals surface area (Å²) in [7, 11) is 0. The van der Waals surface area contributed by atoms with Crippen molar-refractivity contribution < 1.29 is 5.11 Å². The molecule has 1 aromatic heterocycles. The van der Waals surface area contributed by atoms with Gasteiger partial charge in [-0.2, -0.15) is 5.10 Å². The van der Waals surface area contributed by atoms with Crippen molar-refractivity contribution >= 4 is 0 Å². The molecule has 122 valence electrons. The summed E-state index contributed by atoms with van der Waals surface area (Å²) in [5, 5.41) is 14.2. The Balaban J connectivity index is 2.33. The Kier molecular flexibility index (Phi) is 9.40. The molecule has 3 nitrogen and oxygen atoms in total. The minimum Gasteiger partial charge on any atom is -0.392 e. The maximum absolute atomic E-state index is 9.53. The Hall–Kier alpha value is -0.830. The average Bonchev–Trinajstić information content (AvgIpc) is 2.86. The predicted molar refractivity (Wildman–Crippen MR) is 89.5 cm³/mol. The molecule has 0 aliphatic rings. The van der Waals surface area contributed by atoms with Crippen LogP contribution in [0.3, 0.4) is 0 Å². The number of aliphatic hydroxyl groups is 1. The second-order valence-corrected chi connectivity index (χ2v) is 5.94. The summed E-state index contributed by atoms with van der Waals surface area (Å²) in [6.07, 6.45) is 12.6. The smallest absolute Gasteiger partial charge is 0.0718 e. The first-order valence-electron chi connectivity index (χ1n) is 8.96. The van der Waals surface area contributed by atoms with Crippen LogP contribution in [0.25, 0.3) is 0 Å². The summed E-state index contributed by atoms with van der Waals surface area (Å²) < 4.78 is 2.14. The minimum absolute atomic E-state index is 0.129. The van der Waals surface area contributed by atoms with Crippen LogP contribution < -0.4 is 0 Å². The molecule has 0 saturated heterocycles. The first-order chi connectivity index (χ1) is 10.3. The molecule has 0 fully saturated rings. The van der Waals surface area contributed by atoms with E-state index in [4.69, 9.17) is 0 Å². The van der Waals surface area contributed by atoms with Gasteiger partial charge in [0.25, 0.3) is 0 Å². The summed E-state index contributed by atoms with van der Waals surface area (Å²) in [5.74, 6) is 0. The second-order valence-electron chi connectivity index (χ2n) is 5.94. The van der Waals surface area contributed by atoms with E-state index < -0.39 is 0 Å². The number of aryl methyl sites for hydroxylation is 2. The number of hydrogen-bond acceptors (Lipinski definition) is 2. The quantitative estimate of drug-likeness (QED) is 0.570. The van der Waals surface area contributed by atoms with Crippen LogP contribution in [-0.2, 0) is 26.0 Å². The van der Waals surface area contributed by atoms with Crippen LogP contribution in [0.5, 0.6) is 0 Å². The topological polar surface area (TPSA) is 38.0 Å². The standard InChI is InChI=1S/C18H34N2O/c1-4-7-8-9-10-11-12-13-14-20-18(6-3)16(15-21)17(5-2)19-20/h21H,4-15H2,1-3H3. The fourth-order valence-corrected chi connectivity index (χ4v) is 3.03. The molecule has 0 radical (unpaired) electrons. The number of aromatic nitrogens is 2. The van der Waals surface area contributed by atoms with Gasteiger partial charge in [0.1, 0.15) is 0 Å². The van der Waals surface area contributed by atoms with E-state index in [0.29, 0.717) is 0 Å². The third-order valence-electron chi connectivity index (χ3n) is 4.30. The lowest BCUT2D eigenvalue weighted by Gasteiger charge is -2.07. The van der Waals surface area contributed by atoms with Crippen molar-refractivity contribution in [3.63, 3.8) is 0 Å². The van der Waals surface area contributed by atoms with E-state index >= 15 is 0 Å². The van der Waals surface area contributed by atoms with Gasteiger partial charge in [0.05, 0.1) is 12.3 Å². The third kappa shape index (κ3) is 5.82. The Morgan fingerprint density at radius 1 is 0.857 bits per heavy atom.